The second kappa shape index (κ2) is 9.19. The molecule has 0 atom stereocenters. The highest BCUT2D eigenvalue weighted by atomic mass is 16.5. The van der Waals surface area contributed by atoms with Crippen molar-refractivity contribution in [3.05, 3.63) is 72.6 Å². The summed E-state index contributed by atoms with van der Waals surface area (Å²) in [6.45, 7) is 1.63. The fourth-order valence-corrected chi connectivity index (χ4v) is 3.32. The number of benzene rings is 2. The van der Waals surface area contributed by atoms with E-state index in [2.05, 4.69) is 15.3 Å². The van der Waals surface area contributed by atoms with E-state index in [1.54, 1.807) is 12.4 Å². The lowest BCUT2D eigenvalue weighted by Crippen LogP contribution is -2.32. The first-order valence-electron chi connectivity index (χ1n) is 9.99. The first-order chi connectivity index (χ1) is 14.3. The molecule has 1 fully saturated rings. The van der Waals surface area contributed by atoms with Gasteiger partial charge in [-0.25, -0.2) is 9.97 Å². The van der Waals surface area contributed by atoms with Crippen molar-refractivity contribution in [2.45, 2.75) is 25.7 Å². The highest BCUT2D eigenvalue weighted by molar-refractivity contribution is 5.93. The Bertz CT molecular complexity index is 919. The van der Waals surface area contributed by atoms with Crippen LogP contribution in [0.5, 0.6) is 11.5 Å². The number of anilines is 2. The van der Waals surface area contributed by atoms with E-state index in [0.29, 0.717) is 11.5 Å². The third-order valence-electron chi connectivity index (χ3n) is 4.88. The highest BCUT2D eigenvalue weighted by Crippen LogP contribution is 2.23. The Labute approximate surface area is 170 Å². The molecule has 1 amide bonds. The molecule has 0 aliphatic carbocycles. The van der Waals surface area contributed by atoms with Crippen LogP contribution in [0.2, 0.25) is 0 Å². The van der Waals surface area contributed by atoms with Crippen LogP contribution in [0.3, 0.4) is 0 Å². The largest absolute Gasteiger partial charge is 0.457 e. The Morgan fingerprint density at radius 2 is 1.45 bits per heavy atom. The molecule has 1 aliphatic heterocycles. The molecule has 2 aromatic carbocycles. The van der Waals surface area contributed by atoms with Crippen LogP contribution in [0.15, 0.2) is 67.0 Å². The third-order valence-corrected chi connectivity index (χ3v) is 4.88. The molecule has 3 aromatic rings. The number of nitrogens with one attached hydrogen (secondary N) is 1. The van der Waals surface area contributed by atoms with Crippen molar-refractivity contribution in [1.82, 2.24) is 14.9 Å². The smallest absolute Gasteiger partial charge is 0.256 e. The first-order valence-corrected chi connectivity index (χ1v) is 9.99. The van der Waals surface area contributed by atoms with Gasteiger partial charge in [0.2, 0.25) is 5.95 Å². The van der Waals surface area contributed by atoms with Gasteiger partial charge in [0.1, 0.15) is 11.5 Å². The predicted molar refractivity (Wildman–Crippen MR) is 113 cm³/mol. The van der Waals surface area contributed by atoms with E-state index in [4.69, 9.17) is 4.74 Å². The molecule has 148 valence electrons. The van der Waals surface area contributed by atoms with Crippen LogP contribution in [0.25, 0.3) is 0 Å². The van der Waals surface area contributed by atoms with Gasteiger partial charge < -0.3 is 15.0 Å². The Kier molecular flexibility index (Phi) is 6.00. The van der Waals surface area contributed by atoms with Crippen LogP contribution in [0, 0.1) is 0 Å². The van der Waals surface area contributed by atoms with E-state index in [0.717, 1.165) is 43.1 Å². The van der Waals surface area contributed by atoms with Crippen LogP contribution in [0.1, 0.15) is 36.0 Å². The topological polar surface area (TPSA) is 67.3 Å². The van der Waals surface area contributed by atoms with E-state index >= 15 is 0 Å². The summed E-state index contributed by atoms with van der Waals surface area (Å²) in [7, 11) is 0. The number of amides is 1. The van der Waals surface area contributed by atoms with Crippen molar-refractivity contribution >= 4 is 17.5 Å². The summed E-state index contributed by atoms with van der Waals surface area (Å²) in [5.41, 5.74) is 1.38. The Balaban J connectivity index is 1.36. The third kappa shape index (κ3) is 5.10. The number of rotatable bonds is 5. The van der Waals surface area contributed by atoms with E-state index in [9.17, 15) is 4.79 Å². The summed E-state index contributed by atoms with van der Waals surface area (Å²) in [6.07, 6.45) is 7.70. The molecule has 0 unspecified atom stereocenters. The molecule has 1 saturated heterocycles. The summed E-state index contributed by atoms with van der Waals surface area (Å²) in [6, 6.07) is 17.2. The maximum atomic E-state index is 12.6. The summed E-state index contributed by atoms with van der Waals surface area (Å²) in [5.74, 6) is 2.01. The number of likely N-dealkylation sites (tertiary alicyclic amines) is 1. The number of hydrogen-bond acceptors (Lipinski definition) is 5. The molecule has 2 heterocycles. The van der Waals surface area contributed by atoms with E-state index in [1.165, 1.54) is 12.8 Å². The van der Waals surface area contributed by atoms with Gasteiger partial charge in [-0.3, -0.25) is 4.79 Å². The van der Waals surface area contributed by atoms with Gasteiger partial charge in [-0.2, -0.15) is 0 Å². The van der Waals surface area contributed by atoms with Crippen LogP contribution in [0.4, 0.5) is 11.6 Å². The predicted octanol–water partition coefficient (Wildman–Crippen LogP) is 5.03. The number of carbonyl (C=O) groups is 1. The average molecular weight is 388 g/mol. The van der Waals surface area contributed by atoms with E-state index < -0.39 is 0 Å². The molecular formula is C23H24N4O2. The minimum Gasteiger partial charge on any atom is -0.457 e. The van der Waals surface area contributed by atoms with Crippen molar-refractivity contribution in [2.75, 3.05) is 18.4 Å². The van der Waals surface area contributed by atoms with Gasteiger partial charge in [-0.15, -0.1) is 0 Å². The number of carbonyl (C=O) groups excluding carboxylic acids is 1. The lowest BCUT2D eigenvalue weighted by Gasteiger charge is -2.19. The van der Waals surface area contributed by atoms with Gasteiger partial charge in [0.25, 0.3) is 5.91 Å². The first kappa shape index (κ1) is 18.9. The van der Waals surface area contributed by atoms with Gasteiger partial charge in [0.05, 0.1) is 5.56 Å². The summed E-state index contributed by atoms with van der Waals surface area (Å²) in [5, 5.41) is 3.15. The fourth-order valence-electron chi connectivity index (χ4n) is 3.32. The average Bonchev–Trinajstić information content (AvgIpc) is 3.06. The van der Waals surface area contributed by atoms with E-state index in [1.807, 2.05) is 59.5 Å². The molecule has 1 aliphatic rings. The molecular weight excluding hydrogens is 364 g/mol. The molecule has 0 bridgehead atoms. The number of ether oxygens (including phenoxy) is 1. The lowest BCUT2D eigenvalue weighted by molar-refractivity contribution is 0.0761. The van der Waals surface area contributed by atoms with Crippen molar-refractivity contribution in [1.29, 1.82) is 0 Å². The number of aromatic nitrogens is 2. The van der Waals surface area contributed by atoms with Gasteiger partial charge in [-0.05, 0) is 49.2 Å². The normalized spacial score (nSPS) is 14.1. The van der Waals surface area contributed by atoms with Gasteiger partial charge >= 0.3 is 0 Å². The number of hydrogen-bond donors (Lipinski definition) is 1. The second-order valence-corrected chi connectivity index (χ2v) is 7.07. The molecule has 6 heteroatoms. The number of nitrogens with zero attached hydrogens (tertiary/aromatic N) is 3. The maximum Gasteiger partial charge on any atom is 0.256 e. The second-order valence-electron chi connectivity index (χ2n) is 7.07. The molecule has 1 aromatic heterocycles. The summed E-state index contributed by atoms with van der Waals surface area (Å²) >= 11 is 0. The molecule has 29 heavy (non-hydrogen) atoms. The Morgan fingerprint density at radius 1 is 0.828 bits per heavy atom. The monoisotopic (exact) mass is 388 g/mol. The SMILES string of the molecule is O=C(c1cnc(Nc2ccc(Oc3ccccc3)cc2)nc1)N1CCCCCC1. The van der Waals surface area contributed by atoms with Crippen LogP contribution < -0.4 is 10.1 Å². The minimum absolute atomic E-state index is 0.0147. The van der Waals surface area contributed by atoms with Crippen molar-refractivity contribution in [3.8, 4) is 11.5 Å². The van der Waals surface area contributed by atoms with Gasteiger partial charge in [0, 0.05) is 31.2 Å². The number of para-hydroxylation sites is 1. The summed E-state index contributed by atoms with van der Waals surface area (Å²) < 4.78 is 5.79. The van der Waals surface area contributed by atoms with E-state index in [-0.39, 0.29) is 5.91 Å². The van der Waals surface area contributed by atoms with Gasteiger partial charge in [0.15, 0.2) is 0 Å². The summed E-state index contributed by atoms with van der Waals surface area (Å²) in [4.78, 5) is 23.1. The Hall–Kier alpha value is -3.41. The van der Waals surface area contributed by atoms with Crippen molar-refractivity contribution in [2.24, 2.45) is 0 Å². The highest BCUT2D eigenvalue weighted by Gasteiger charge is 2.18. The molecule has 0 spiro atoms. The van der Waals surface area contributed by atoms with Crippen LogP contribution in [-0.2, 0) is 0 Å². The minimum atomic E-state index is 0.0147. The maximum absolute atomic E-state index is 12.6. The van der Waals surface area contributed by atoms with Gasteiger partial charge in [-0.1, -0.05) is 31.0 Å². The molecule has 1 N–H and O–H groups in total. The standard InChI is InChI=1S/C23H24N4O2/c28-22(27-14-6-1-2-7-15-27)18-16-24-23(25-17-18)26-19-10-12-21(13-11-19)29-20-8-4-3-5-9-20/h3-5,8-13,16-17H,1-2,6-7,14-15H2,(H,24,25,26). The molecule has 6 nitrogen and oxygen atoms in total. The fraction of sp³-hybridized carbons (Fsp3) is 0.261. The molecule has 0 radical (unpaired) electrons. The lowest BCUT2D eigenvalue weighted by atomic mass is 10.2. The molecule has 0 saturated carbocycles. The Morgan fingerprint density at radius 3 is 2.10 bits per heavy atom. The molecule has 4 rings (SSSR count). The quantitative estimate of drug-likeness (QED) is 0.664. The van der Waals surface area contributed by atoms with Crippen LogP contribution >= 0.6 is 0 Å². The van der Waals surface area contributed by atoms with Crippen molar-refractivity contribution < 1.29 is 9.53 Å². The zero-order chi connectivity index (χ0) is 19.9. The zero-order valence-electron chi connectivity index (χ0n) is 16.3. The van der Waals surface area contributed by atoms with Crippen LogP contribution in [-0.4, -0.2) is 33.9 Å². The zero-order valence-corrected chi connectivity index (χ0v) is 16.3. The van der Waals surface area contributed by atoms with Crippen molar-refractivity contribution in [3.63, 3.8) is 0 Å².